The van der Waals surface area contributed by atoms with E-state index in [0.717, 1.165) is 18.4 Å². The third-order valence-corrected chi connectivity index (χ3v) is 5.48. The topological polar surface area (TPSA) is 43.4 Å². The first kappa shape index (κ1) is 21.6. The molecule has 1 atom stereocenters. The molecule has 0 aromatic heterocycles. The molecule has 128 valence electrons. The van der Waals surface area contributed by atoms with Crippen molar-refractivity contribution in [3.05, 3.63) is 29.8 Å². The molecule has 0 fully saturated rings. The average Bonchev–Trinajstić information content (AvgIpc) is 2.44. The Bertz CT molecular complexity index is 532. The van der Waals surface area contributed by atoms with Crippen molar-refractivity contribution in [2.45, 2.75) is 70.8 Å². The highest BCUT2D eigenvalue weighted by Gasteiger charge is 2.33. The summed E-state index contributed by atoms with van der Waals surface area (Å²) in [6.45, 7) is 10.2. The Hall–Kier alpha value is -0.440. The second-order valence-corrected chi connectivity index (χ2v) is 7.72. The molecule has 0 heterocycles. The lowest BCUT2D eigenvalue weighted by atomic mass is 9.89. The SMILES string of the molecule is CCC(CC)(CCC(C)C)OS(=O)(=O)c1ccc(C)cc1.P. The predicted molar refractivity (Wildman–Crippen MR) is 97.9 cm³/mol. The fraction of sp³-hybridized carbons (Fsp3) is 0.647. The van der Waals surface area contributed by atoms with E-state index < -0.39 is 15.7 Å². The largest absolute Gasteiger partial charge is 0.297 e. The Balaban J connectivity index is 0.00000441. The summed E-state index contributed by atoms with van der Waals surface area (Å²) in [5.74, 6) is 0.535. The summed E-state index contributed by atoms with van der Waals surface area (Å²) in [4.78, 5) is 0.240. The van der Waals surface area contributed by atoms with Crippen LogP contribution in [-0.2, 0) is 14.3 Å². The van der Waals surface area contributed by atoms with Crippen molar-refractivity contribution in [2.75, 3.05) is 0 Å². The minimum absolute atomic E-state index is 0. The summed E-state index contributed by atoms with van der Waals surface area (Å²) < 4.78 is 30.7. The molecule has 0 N–H and O–H groups in total. The van der Waals surface area contributed by atoms with Crippen LogP contribution in [0.3, 0.4) is 0 Å². The summed E-state index contributed by atoms with van der Waals surface area (Å²) in [6, 6.07) is 6.82. The number of hydrogen-bond donors (Lipinski definition) is 0. The Kier molecular flexibility index (Phi) is 8.82. The van der Waals surface area contributed by atoms with Crippen LogP contribution in [0.5, 0.6) is 0 Å². The average molecular weight is 346 g/mol. The van der Waals surface area contributed by atoms with Crippen molar-refractivity contribution in [2.24, 2.45) is 5.92 Å². The summed E-state index contributed by atoms with van der Waals surface area (Å²) >= 11 is 0. The predicted octanol–water partition coefficient (Wildman–Crippen LogP) is 4.75. The summed E-state index contributed by atoms with van der Waals surface area (Å²) in [6.07, 6.45) is 3.12. The van der Waals surface area contributed by atoms with Crippen LogP contribution in [0, 0.1) is 12.8 Å². The van der Waals surface area contributed by atoms with Gasteiger partial charge in [0.15, 0.2) is 0 Å². The van der Waals surface area contributed by atoms with E-state index in [4.69, 9.17) is 4.18 Å². The lowest BCUT2D eigenvalue weighted by molar-refractivity contribution is 0.0528. The first-order valence-corrected chi connectivity index (χ1v) is 9.18. The molecule has 0 bridgehead atoms. The van der Waals surface area contributed by atoms with Crippen LogP contribution in [0.2, 0.25) is 0 Å². The van der Waals surface area contributed by atoms with Crippen LogP contribution in [-0.4, -0.2) is 14.0 Å². The Morgan fingerprint density at radius 1 is 1.09 bits per heavy atom. The van der Waals surface area contributed by atoms with E-state index in [2.05, 4.69) is 13.8 Å². The fourth-order valence-electron chi connectivity index (χ4n) is 2.30. The maximum Gasteiger partial charge on any atom is 0.297 e. The number of aryl methyl sites for hydroxylation is 1. The quantitative estimate of drug-likeness (QED) is 0.504. The van der Waals surface area contributed by atoms with Crippen LogP contribution in [0.4, 0.5) is 0 Å². The van der Waals surface area contributed by atoms with Crippen LogP contribution in [0.1, 0.15) is 58.9 Å². The van der Waals surface area contributed by atoms with Gasteiger partial charge in [0.05, 0.1) is 10.5 Å². The molecule has 22 heavy (non-hydrogen) atoms. The van der Waals surface area contributed by atoms with Gasteiger partial charge in [-0.3, -0.25) is 4.18 Å². The Morgan fingerprint density at radius 3 is 2.00 bits per heavy atom. The first-order valence-electron chi connectivity index (χ1n) is 7.77. The van der Waals surface area contributed by atoms with E-state index in [1.165, 1.54) is 0 Å². The smallest absolute Gasteiger partial charge is 0.260 e. The molecule has 0 aliphatic rings. The molecule has 1 rings (SSSR count). The molecule has 0 saturated heterocycles. The van der Waals surface area contributed by atoms with Crippen molar-refractivity contribution in [1.82, 2.24) is 0 Å². The number of hydrogen-bond acceptors (Lipinski definition) is 3. The van der Waals surface area contributed by atoms with E-state index in [1.54, 1.807) is 24.3 Å². The van der Waals surface area contributed by atoms with Gasteiger partial charge >= 0.3 is 0 Å². The molecule has 0 radical (unpaired) electrons. The van der Waals surface area contributed by atoms with Gasteiger partial charge in [-0.25, -0.2) is 0 Å². The lowest BCUT2D eigenvalue weighted by Crippen LogP contribution is -2.34. The van der Waals surface area contributed by atoms with Crippen molar-refractivity contribution in [1.29, 1.82) is 0 Å². The van der Waals surface area contributed by atoms with Crippen molar-refractivity contribution in [3.63, 3.8) is 0 Å². The van der Waals surface area contributed by atoms with Crippen molar-refractivity contribution < 1.29 is 12.6 Å². The van der Waals surface area contributed by atoms with Gasteiger partial charge in [0.25, 0.3) is 10.1 Å². The Morgan fingerprint density at radius 2 is 1.59 bits per heavy atom. The molecule has 1 unspecified atom stereocenters. The van der Waals surface area contributed by atoms with Crippen molar-refractivity contribution in [3.8, 4) is 0 Å². The van der Waals surface area contributed by atoms with Crippen LogP contribution < -0.4 is 0 Å². The van der Waals surface area contributed by atoms with Crippen LogP contribution in [0.25, 0.3) is 0 Å². The van der Waals surface area contributed by atoms with Crippen LogP contribution >= 0.6 is 9.90 Å². The molecular formula is C17H31O3PS. The van der Waals surface area contributed by atoms with E-state index in [1.807, 2.05) is 20.8 Å². The zero-order valence-electron chi connectivity index (χ0n) is 14.6. The molecule has 0 spiro atoms. The zero-order chi connectivity index (χ0) is 16.1. The third kappa shape index (κ3) is 5.98. The molecule has 3 nitrogen and oxygen atoms in total. The normalized spacial score (nSPS) is 12.3. The minimum atomic E-state index is -3.71. The lowest BCUT2D eigenvalue weighted by Gasteiger charge is -2.31. The monoisotopic (exact) mass is 346 g/mol. The maximum absolute atomic E-state index is 12.5. The molecule has 0 amide bonds. The van der Waals surface area contributed by atoms with Gasteiger partial charge in [-0.1, -0.05) is 45.4 Å². The van der Waals surface area contributed by atoms with E-state index >= 15 is 0 Å². The van der Waals surface area contributed by atoms with Gasteiger partial charge in [0.2, 0.25) is 0 Å². The van der Waals surface area contributed by atoms with Crippen LogP contribution in [0.15, 0.2) is 29.2 Å². The molecule has 0 aliphatic carbocycles. The number of rotatable bonds is 8. The minimum Gasteiger partial charge on any atom is -0.260 e. The van der Waals surface area contributed by atoms with Gasteiger partial charge in [0.1, 0.15) is 0 Å². The van der Waals surface area contributed by atoms with Gasteiger partial charge < -0.3 is 0 Å². The van der Waals surface area contributed by atoms with E-state index in [9.17, 15) is 8.42 Å². The van der Waals surface area contributed by atoms with Gasteiger partial charge in [0, 0.05) is 0 Å². The highest BCUT2D eigenvalue weighted by Crippen LogP contribution is 2.32. The standard InChI is InChI=1S/C17H28O3S.H3P/c1-6-17(7-2,13-12-14(3)4)20-21(18,19)16-10-8-15(5)9-11-16;/h8-11,14H,6-7,12-13H2,1-5H3;1H3. The van der Waals surface area contributed by atoms with Gasteiger partial charge in [-0.15, -0.1) is 0 Å². The Labute approximate surface area is 139 Å². The van der Waals surface area contributed by atoms with Gasteiger partial charge in [-0.05, 0) is 50.7 Å². The molecule has 5 heteroatoms. The molecule has 0 saturated carbocycles. The fourth-order valence-corrected chi connectivity index (χ4v) is 3.65. The number of benzene rings is 1. The van der Waals surface area contributed by atoms with E-state index in [0.29, 0.717) is 18.8 Å². The molecule has 1 aromatic carbocycles. The highest BCUT2D eigenvalue weighted by atomic mass is 32.2. The second-order valence-electron chi connectivity index (χ2n) is 6.17. The zero-order valence-corrected chi connectivity index (χ0v) is 16.8. The third-order valence-electron chi connectivity index (χ3n) is 4.06. The highest BCUT2D eigenvalue weighted by molar-refractivity contribution is 7.86. The molecule has 0 aliphatic heterocycles. The molecular weight excluding hydrogens is 315 g/mol. The summed E-state index contributed by atoms with van der Waals surface area (Å²) in [5, 5.41) is 0. The maximum atomic E-state index is 12.5. The second kappa shape index (κ2) is 9.00. The van der Waals surface area contributed by atoms with Crippen molar-refractivity contribution >= 4 is 20.0 Å². The molecule has 1 aromatic rings. The summed E-state index contributed by atoms with van der Waals surface area (Å²) in [7, 11) is -3.71. The summed E-state index contributed by atoms with van der Waals surface area (Å²) in [5.41, 5.74) is 0.444. The first-order chi connectivity index (χ1) is 9.74. The van der Waals surface area contributed by atoms with E-state index in [-0.39, 0.29) is 14.8 Å². The van der Waals surface area contributed by atoms with Gasteiger partial charge in [-0.2, -0.15) is 18.3 Å².